The van der Waals surface area contributed by atoms with E-state index in [0.29, 0.717) is 31.1 Å². The SMILES string of the molecule is Cc1ccccc1[C@H]1c2ccsc2CCN1CC(=O)N1CCN(S(=O)(=O)c2ccccc2)[C@H](C)C1. The number of hydrogen-bond donors (Lipinski definition) is 0. The van der Waals surface area contributed by atoms with E-state index in [1.807, 2.05) is 17.9 Å². The number of amides is 1. The molecule has 35 heavy (non-hydrogen) atoms. The van der Waals surface area contributed by atoms with Crippen LogP contribution in [0, 0.1) is 6.92 Å². The van der Waals surface area contributed by atoms with Gasteiger partial charge < -0.3 is 4.90 Å². The summed E-state index contributed by atoms with van der Waals surface area (Å²) >= 11 is 1.80. The van der Waals surface area contributed by atoms with Crippen molar-refractivity contribution in [2.45, 2.75) is 37.2 Å². The molecule has 3 heterocycles. The molecule has 1 saturated heterocycles. The van der Waals surface area contributed by atoms with Crippen LogP contribution in [0.2, 0.25) is 0 Å². The van der Waals surface area contributed by atoms with E-state index in [0.717, 1.165) is 13.0 Å². The van der Waals surface area contributed by atoms with Gasteiger partial charge in [-0.05, 0) is 60.5 Å². The fourth-order valence-electron chi connectivity index (χ4n) is 5.32. The van der Waals surface area contributed by atoms with Crippen LogP contribution in [-0.2, 0) is 21.2 Å². The normalized spacial score (nSPS) is 21.6. The van der Waals surface area contributed by atoms with Gasteiger partial charge in [-0.25, -0.2) is 8.42 Å². The molecule has 2 aliphatic rings. The second-order valence-electron chi connectivity index (χ2n) is 9.40. The van der Waals surface area contributed by atoms with Crippen molar-refractivity contribution in [2.75, 3.05) is 32.7 Å². The van der Waals surface area contributed by atoms with E-state index < -0.39 is 10.0 Å². The number of sulfonamides is 1. The standard InChI is InChI=1S/C27H31N3O3S2/c1-20-8-6-7-11-23(20)27-24-13-17-34-25(24)12-14-29(27)19-26(31)28-15-16-30(21(2)18-28)35(32,33)22-9-4-3-5-10-22/h3-11,13,17,21,27H,12,14-16,18-19H2,1-2H3/t21-,27+/m1/s1. The largest absolute Gasteiger partial charge is 0.339 e. The highest BCUT2D eigenvalue weighted by Crippen LogP contribution is 2.38. The minimum atomic E-state index is -3.58. The molecule has 0 radical (unpaired) electrons. The average Bonchev–Trinajstić information content (AvgIpc) is 3.34. The Balaban J connectivity index is 1.31. The Hall–Kier alpha value is -2.52. The second-order valence-corrected chi connectivity index (χ2v) is 12.3. The number of fused-ring (bicyclic) bond motifs is 1. The van der Waals surface area contributed by atoms with Crippen LogP contribution in [0.1, 0.15) is 34.5 Å². The van der Waals surface area contributed by atoms with Crippen LogP contribution in [0.25, 0.3) is 0 Å². The molecule has 0 N–H and O–H groups in total. The number of benzene rings is 2. The van der Waals surface area contributed by atoms with Crippen molar-refractivity contribution in [3.8, 4) is 0 Å². The first-order valence-electron chi connectivity index (χ1n) is 12.1. The smallest absolute Gasteiger partial charge is 0.243 e. The third kappa shape index (κ3) is 4.68. The first-order valence-corrected chi connectivity index (χ1v) is 14.4. The molecule has 0 aliphatic carbocycles. The maximum Gasteiger partial charge on any atom is 0.243 e. The Morgan fingerprint density at radius 1 is 0.971 bits per heavy atom. The highest BCUT2D eigenvalue weighted by Gasteiger charge is 2.37. The molecule has 0 unspecified atom stereocenters. The summed E-state index contributed by atoms with van der Waals surface area (Å²) in [6.07, 6.45) is 0.947. The van der Waals surface area contributed by atoms with Gasteiger partial charge in [0.25, 0.3) is 0 Å². The summed E-state index contributed by atoms with van der Waals surface area (Å²) in [7, 11) is -3.58. The van der Waals surface area contributed by atoms with Crippen LogP contribution in [-0.4, -0.2) is 67.2 Å². The summed E-state index contributed by atoms with van der Waals surface area (Å²) in [5.41, 5.74) is 3.77. The number of piperazine rings is 1. The minimum Gasteiger partial charge on any atom is -0.339 e. The zero-order chi connectivity index (χ0) is 24.6. The third-order valence-electron chi connectivity index (χ3n) is 7.16. The fraction of sp³-hybridized carbons (Fsp3) is 0.370. The van der Waals surface area contributed by atoms with Crippen molar-refractivity contribution in [3.63, 3.8) is 0 Å². The summed E-state index contributed by atoms with van der Waals surface area (Å²) in [4.78, 5) is 19.3. The molecule has 1 aromatic heterocycles. The number of aryl methyl sites for hydroxylation is 1. The van der Waals surface area contributed by atoms with Crippen LogP contribution in [0.15, 0.2) is 70.9 Å². The molecule has 3 aromatic rings. The topological polar surface area (TPSA) is 60.9 Å². The number of nitrogens with zero attached hydrogens (tertiary/aromatic N) is 3. The second kappa shape index (κ2) is 9.85. The lowest BCUT2D eigenvalue weighted by Gasteiger charge is -2.41. The first-order chi connectivity index (χ1) is 16.9. The van der Waals surface area contributed by atoms with Crippen molar-refractivity contribution in [2.24, 2.45) is 0 Å². The lowest BCUT2D eigenvalue weighted by atomic mass is 9.90. The monoisotopic (exact) mass is 509 g/mol. The lowest BCUT2D eigenvalue weighted by molar-refractivity contribution is -0.135. The Morgan fingerprint density at radius 3 is 2.46 bits per heavy atom. The van der Waals surface area contributed by atoms with Crippen molar-refractivity contribution in [3.05, 3.63) is 87.6 Å². The molecule has 2 aliphatic heterocycles. The van der Waals surface area contributed by atoms with Crippen molar-refractivity contribution in [1.29, 1.82) is 0 Å². The Bertz CT molecular complexity index is 1310. The van der Waals surface area contributed by atoms with E-state index in [-0.39, 0.29) is 18.0 Å². The van der Waals surface area contributed by atoms with Gasteiger partial charge in [-0.2, -0.15) is 4.31 Å². The molecule has 1 fully saturated rings. The minimum absolute atomic E-state index is 0.0610. The van der Waals surface area contributed by atoms with E-state index in [1.165, 1.54) is 25.9 Å². The maximum absolute atomic E-state index is 13.5. The number of rotatable bonds is 5. The predicted octanol–water partition coefficient (Wildman–Crippen LogP) is 3.93. The predicted molar refractivity (Wildman–Crippen MR) is 139 cm³/mol. The average molecular weight is 510 g/mol. The van der Waals surface area contributed by atoms with E-state index in [9.17, 15) is 13.2 Å². The Morgan fingerprint density at radius 2 is 1.71 bits per heavy atom. The zero-order valence-corrected chi connectivity index (χ0v) is 21.8. The maximum atomic E-state index is 13.5. The van der Waals surface area contributed by atoms with Gasteiger partial charge in [-0.15, -0.1) is 11.3 Å². The molecular formula is C27H31N3O3S2. The molecule has 2 atom stereocenters. The van der Waals surface area contributed by atoms with Gasteiger partial charge in [-0.3, -0.25) is 9.69 Å². The molecule has 5 rings (SSSR count). The Kier molecular flexibility index (Phi) is 6.81. The summed E-state index contributed by atoms with van der Waals surface area (Å²) in [5, 5.41) is 2.15. The number of hydrogen-bond acceptors (Lipinski definition) is 5. The summed E-state index contributed by atoms with van der Waals surface area (Å²) in [6.45, 7) is 6.28. The Labute approximate surface area is 211 Å². The van der Waals surface area contributed by atoms with E-state index in [1.54, 1.807) is 35.6 Å². The van der Waals surface area contributed by atoms with Crippen LogP contribution in [0.5, 0.6) is 0 Å². The zero-order valence-electron chi connectivity index (χ0n) is 20.1. The van der Waals surface area contributed by atoms with E-state index in [2.05, 4.69) is 47.5 Å². The summed E-state index contributed by atoms with van der Waals surface area (Å²) in [6, 6.07) is 18.9. The molecule has 1 amide bonds. The number of thiophene rings is 1. The first kappa shape index (κ1) is 24.2. The van der Waals surface area contributed by atoms with Crippen LogP contribution in [0.4, 0.5) is 0 Å². The molecule has 8 heteroatoms. The number of carbonyl (C=O) groups excluding carboxylic acids is 1. The van der Waals surface area contributed by atoms with Gasteiger partial charge in [0.2, 0.25) is 15.9 Å². The van der Waals surface area contributed by atoms with Gasteiger partial charge in [0, 0.05) is 37.1 Å². The van der Waals surface area contributed by atoms with Crippen LogP contribution >= 0.6 is 11.3 Å². The van der Waals surface area contributed by atoms with E-state index >= 15 is 0 Å². The molecule has 0 saturated carbocycles. The van der Waals surface area contributed by atoms with E-state index in [4.69, 9.17) is 0 Å². The van der Waals surface area contributed by atoms with Gasteiger partial charge in [-0.1, -0.05) is 42.5 Å². The summed E-state index contributed by atoms with van der Waals surface area (Å²) in [5.74, 6) is 0.0610. The third-order valence-corrected chi connectivity index (χ3v) is 10.2. The highest BCUT2D eigenvalue weighted by molar-refractivity contribution is 7.89. The van der Waals surface area contributed by atoms with Gasteiger partial charge in [0.15, 0.2) is 0 Å². The van der Waals surface area contributed by atoms with Crippen molar-refractivity contribution in [1.82, 2.24) is 14.1 Å². The molecule has 184 valence electrons. The molecule has 6 nitrogen and oxygen atoms in total. The van der Waals surface area contributed by atoms with Crippen LogP contribution < -0.4 is 0 Å². The van der Waals surface area contributed by atoms with Gasteiger partial charge in [0.1, 0.15) is 0 Å². The lowest BCUT2D eigenvalue weighted by Crippen LogP contribution is -2.57. The van der Waals surface area contributed by atoms with Gasteiger partial charge in [0.05, 0.1) is 17.5 Å². The van der Waals surface area contributed by atoms with Crippen molar-refractivity contribution >= 4 is 27.3 Å². The molecule has 0 spiro atoms. The van der Waals surface area contributed by atoms with Gasteiger partial charge >= 0.3 is 0 Å². The van der Waals surface area contributed by atoms with Crippen molar-refractivity contribution < 1.29 is 13.2 Å². The highest BCUT2D eigenvalue weighted by atomic mass is 32.2. The molecular weight excluding hydrogens is 478 g/mol. The molecule has 0 bridgehead atoms. The van der Waals surface area contributed by atoms with Crippen LogP contribution in [0.3, 0.4) is 0 Å². The summed E-state index contributed by atoms with van der Waals surface area (Å²) < 4.78 is 27.8. The fourth-order valence-corrected chi connectivity index (χ4v) is 7.86. The quantitative estimate of drug-likeness (QED) is 0.523. The molecule has 2 aromatic carbocycles. The number of carbonyl (C=O) groups is 1.